The normalized spacial score (nSPS) is 14.8. The molecule has 0 atom stereocenters. The topological polar surface area (TPSA) is 52.0 Å². The van der Waals surface area contributed by atoms with Crippen LogP contribution in [0.3, 0.4) is 0 Å². The molecule has 0 unspecified atom stereocenters. The highest BCUT2D eigenvalue weighted by Gasteiger charge is 2.18. The van der Waals surface area contributed by atoms with E-state index in [1.807, 2.05) is 30.3 Å². The predicted octanol–water partition coefficient (Wildman–Crippen LogP) is 3.55. The number of nitriles is 1. The van der Waals surface area contributed by atoms with Gasteiger partial charge in [-0.25, -0.2) is 0 Å². The van der Waals surface area contributed by atoms with Crippen molar-refractivity contribution in [2.75, 3.05) is 25.1 Å². The van der Waals surface area contributed by atoms with Crippen molar-refractivity contribution in [2.45, 2.75) is 19.3 Å². The van der Waals surface area contributed by atoms with Gasteiger partial charge in [0.1, 0.15) is 17.6 Å². The smallest absolute Gasteiger partial charge is 0.124 e. The molecule has 1 aliphatic rings. The Morgan fingerprint density at radius 1 is 1.19 bits per heavy atom. The molecule has 1 aromatic heterocycles. The Morgan fingerprint density at radius 3 is 2.71 bits per heavy atom. The summed E-state index contributed by atoms with van der Waals surface area (Å²) >= 11 is 0. The van der Waals surface area contributed by atoms with Gasteiger partial charge in [0.05, 0.1) is 12.7 Å². The van der Waals surface area contributed by atoms with E-state index < -0.39 is 0 Å². The summed E-state index contributed by atoms with van der Waals surface area (Å²) in [6, 6.07) is 12.1. The second kappa shape index (κ2) is 5.92. The van der Waals surface area contributed by atoms with Crippen molar-refractivity contribution >= 4 is 5.82 Å². The second-order valence-electron chi connectivity index (χ2n) is 5.34. The Morgan fingerprint density at radius 2 is 2.00 bits per heavy atom. The molecule has 108 valence electrons. The van der Waals surface area contributed by atoms with E-state index in [-0.39, 0.29) is 0 Å². The Bertz CT molecular complexity index is 663. The third-order valence-electron chi connectivity index (χ3n) is 3.97. The first kappa shape index (κ1) is 13.6. The van der Waals surface area contributed by atoms with Crippen molar-refractivity contribution < 1.29 is 4.74 Å². The van der Waals surface area contributed by atoms with Crippen LogP contribution in [-0.4, -0.2) is 25.2 Å². The summed E-state index contributed by atoms with van der Waals surface area (Å²) in [7, 11) is 1.66. The maximum Gasteiger partial charge on any atom is 0.124 e. The number of H-pyrrole nitrogens is 1. The average Bonchev–Trinajstić information content (AvgIpc) is 3.00. The van der Waals surface area contributed by atoms with Crippen LogP contribution in [0.1, 0.15) is 24.8 Å². The summed E-state index contributed by atoms with van der Waals surface area (Å²) in [5.74, 6) is 1.77. The van der Waals surface area contributed by atoms with Gasteiger partial charge in [-0.05, 0) is 37.5 Å². The van der Waals surface area contributed by atoms with Crippen LogP contribution in [0.25, 0.3) is 11.3 Å². The van der Waals surface area contributed by atoms with Gasteiger partial charge in [0.25, 0.3) is 0 Å². The second-order valence-corrected chi connectivity index (χ2v) is 5.34. The van der Waals surface area contributed by atoms with E-state index in [0.717, 1.165) is 41.5 Å². The first-order valence-electron chi connectivity index (χ1n) is 7.34. The van der Waals surface area contributed by atoms with Gasteiger partial charge in [-0.3, -0.25) is 0 Å². The molecule has 1 saturated heterocycles. The molecule has 3 rings (SSSR count). The number of benzene rings is 1. The third kappa shape index (κ3) is 2.73. The highest BCUT2D eigenvalue weighted by molar-refractivity contribution is 5.70. The van der Waals surface area contributed by atoms with Crippen molar-refractivity contribution in [3.05, 3.63) is 35.9 Å². The summed E-state index contributed by atoms with van der Waals surface area (Å²) in [5, 5.41) is 9.39. The van der Waals surface area contributed by atoms with Crippen LogP contribution in [0.4, 0.5) is 5.82 Å². The van der Waals surface area contributed by atoms with Crippen LogP contribution in [0.2, 0.25) is 0 Å². The van der Waals surface area contributed by atoms with Crippen molar-refractivity contribution in [3.8, 4) is 23.1 Å². The van der Waals surface area contributed by atoms with Crippen molar-refractivity contribution in [3.63, 3.8) is 0 Å². The van der Waals surface area contributed by atoms with E-state index in [2.05, 4.69) is 16.0 Å². The molecule has 4 heteroatoms. The molecule has 0 radical (unpaired) electrons. The number of hydrogen-bond acceptors (Lipinski definition) is 3. The van der Waals surface area contributed by atoms with E-state index in [4.69, 9.17) is 4.74 Å². The lowest BCUT2D eigenvalue weighted by atomic mass is 10.1. The minimum Gasteiger partial charge on any atom is -0.497 e. The van der Waals surface area contributed by atoms with Crippen LogP contribution in [0.15, 0.2) is 30.3 Å². The SMILES string of the molecule is COc1cccc(-c2cc(C#N)c(N3CCCCC3)[nH]2)c1. The van der Waals surface area contributed by atoms with E-state index in [1.54, 1.807) is 7.11 Å². The Kier molecular flexibility index (Phi) is 3.83. The van der Waals surface area contributed by atoms with E-state index >= 15 is 0 Å². The number of nitrogens with zero attached hydrogens (tertiary/aromatic N) is 2. The molecule has 4 nitrogen and oxygen atoms in total. The lowest BCUT2D eigenvalue weighted by Crippen LogP contribution is -2.30. The van der Waals surface area contributed by atoms with Crippen LogP contribution in [0.5, 0.6) is 5.75 Å². The maximum absolute atomic E-state index is 9.39. The number of piperidine rings is 1. The number of nitrogens with one attached hydrogen (secondary N) is 1. The number of rotatable bonds is 3. The number of aromatic nitrogens is 1. The highest BCUT2D eigenvalue weighted by atomic mass is 16.5. The number of methoxy groups -OCH3 is 1. The first-order chi connectivity index (χ1) is 10.3. The van der Waals surface area contributed by atoms with E-state index in [0.29, 0.717) is 0 Å². The fourth-order valence-corrected chi connectivity index (χ4v) is 2.84. The lowest BCUT2D eigenvalue weighted by molar-refractivity contribution is 0.415. The third-order valence-corrected chi connectivity index (χ3v) is 3.97. The zero-order valence-electron chi connectivity index (χ0n) is 12.2. The molecule has 1 fully saturated rings. The fourth-order valence-electron chi connectivity index (χ4n) is 2.84. The standard InChI is InChI=1S/C17H19N3O/c1-21-15-7-5-6-13(10-15)16-11-14(12-18)17(19-16)20-8-3-2-4-9-20/h5-7,10-11,19H,2-4,8-9H2,1H3. The molecule has 0 bridgehead atoms. The van der Waals surface area contributed by atoms with Gasteiger partial charge in [-0.2, -0.15) is 5.26 Å². The molecule has 0 spiro atoms. The Labute approximate surface area is 125 Å². The number of hydrogen-bond donors (Lipinski definition) is 1. The summed E-state index contributed by atoms with van der Waals surface area (Å²) in [6.45, 7) is 2.04. The summed E-state index contributed by atoms with van der Waals surface area (Å²) < 4.78 is 5.27. The van der Waals surface area contributed by atoms with Gasteiger partial charge in [0.15, 0.2) is 0 Å². The van der Waals surface area contributed by atoms with Crippen LogP contribution < -0.4 is 9.64 Å². The Hall–Kier alpha value is -2.41. The highest BCUT2D eigenvalue weighted by Crippen LogP contribution is 2.30. The summed E-state index contributed by atoms with van der Waals surface area (Å²) in [6.07, 6.45) is 3.67. The Balaban J connectivity index is 1.96. The summed E-state index contributed by atoms with van der Waals surface area (Å²) in [5.41, 5.74) is 2.72. The molecular formula is C17H19N3O. The van der Waals surface area contributed by atoms with Crippen LogP contribution in [0, 0.1) is 11.3 Å². The van der Waals surface area contributed by atoms with Crippen LogP contribution >= 0.6 is 0 Å². The van der Waals surface area contributed by atoms with Gasteiger partial charge in [-0.1, -0.05) is 12.1 Å². The molecular weight excluding hydrogens is 262 g/mol. The van der Waals surface area contributed by atoms with Gasteiger partial charge in [0, 0.05) is 24.3 Å². The monoisotopic (exact) mass is 281 g/mol. The van der Waals surface area contributed by atoms with E-state index in [9.17, 15) is 5.26 Å². The van der Waals surface area contributed by atoms with Crippen molar-refractivity contribution in [2.24, 2.45) is 0 Å². The van der Waals surface area contributed by atoms with Gasteiger partial charge in [0.2, 0.25) is 0 Å². The summed E-state index contributed by atoms with van der Waals surface area (Å²) in [4.78, 5) is 5.70. The van der Waals surface area contributed by atoms with Gasteiger partial charge >= 0.3 is 0 Å². The molecule has 1 aromatic carbocycles. The molecule has 0 aliphatic carbocycles. The predicted molar refractivity (Wildman–Crippen MR) is 83.6 cm³/mol. The number of aromatic amines is 1. The lowest BCUT2D eigenvalue weighted by Gasteiger charge is -2.27. The quantitative estimate of drug-likeness (QED) is 0.936. The van der Waals surface area contributed by atoms with Crippen molar-refractivity contribution in [1.82, 2.24) is 4.98 Å². The van der Waals surface area contributed by atoms with E-state index in [1.165, 1.54) is 19.3 Å². The molecule has 0 amide bonds. The number of anilines is 1. The molecule has 2 aromatic rings. The molecule has 2 heterocycles. The molecule has 21 heavy (non-hydrogen) atoms. The average molecular weight is 281 g/mol. The maximum atomic E-state index is 9.39. The number of ether oxygens (including phenoxy) is 1. The zero-order valence-corrected chi connectivity index (χ0v) is 12.2. The van der Waals surface area contributed by atoms with Gasteiger partial charge in [-0.15, -0.1) is 0 Å². The van der Waals surface area contributed by atoms with Crippen molar-refractivity contribution in [1.29, 1.82) is 5.26 Å². The molecule has 1 aliphatic heterocycles. The zero-order chi connectivity index (χ0) is 14.7. The fraction of sp³-hybridized carbons (Fsp3) is 0.353. The van der Waals surface area contributed by atoms with Crippen LogP contribution in [-0.2, 0) is 0 Å². The first-order valence-corrected chi connectivity index (χ1v) is 7.34. The largest absolute Gasteiger partial charge is 0.497 e. The van der Waals surface area contributed by atoms with Gasteiger partial charge < -0.3 is 14.6 Å². The molecule has 1 N–H and O–H groups in total. The minimum atomic E-state index is 0.717. The molecule has 0 saturated carbocycles. The minimum absolute atomic E-state index is 0.717.